The molecule has 158 valence electrons. The molecule has 0 atom stereocenters. The van der Waals surface area contributed by atoms with Crippen LogP contribution >= 0.6 is 0 Å². The molecular weight excluding hydrogens is 386 g/mol. The zero-order chi connectivity index (χ0) is 21.4. The summed E-state index contributed by atoms with van der Waals surface area (Å²) in [6.07, 6.45) is 1.68. The van der Waals surface area contributed by atoms with Crippen LogP contribution < -0.4 is 23.7 Å². The smallest absolute Gasteiger partial charge is 0.231 e. The van der Waals surface area contributed by atoms with Gasteiger partial charge in [-0.25, -0.2) is 0 Å². The number of benzene rings is 2. The summed E-state index contributed by atoms with van der Waals surface area (Å²) >= 11 is 0. The molecule has 0 bridgehead atoms. The number of hydrogen-bond donors (Lipinski definition) is 0. The van der Waals surface area contributed by atoms with E-state index >= 15 is 0 Å². The highest BCUT2D eigenvalue weighted by molar-refractivity contribution is 6.15. The summed E-state index contributed by atoms with van der Waals surface area (Å²) in [5.41, 5.74) is 2.14. The zero-order valence-corrected chi connectivity index (χ0v) is 17.8. The molecule has 2 aliphatic heterocycles. The lowest BCUT2D eigenvalue weighted by Crippen LogP contribution is -2.37. The molecule has 0 aromatic heterocycles. The molecule has 0 amide bonds. The summed E-state index contributed by atoms with van der Waals surface area (Å²) in [4.78, 5) is 15.2. The van der Waals surface area contributed by atoms with E-state index < -0.39 is 0 Å². The Morgan fingerprint density at radius 2 is 1.77 bits per heavy atom. The van der Waals surface area contributed by atoms with Crippen LogP contribution in [0.5, 0.6) is 28.7 Å². The fourth-order valence-electron chi connectivity index (χ4n) is 3.64. The fraction of sp³-hybridized carbons (Fsp3) is 0.348. The Morgan fingerprint density at radius 1 is 1.07 bits per heavy atom. The maximum absolute atomic E-state index is 13.0. The topological polar surface area (TPSA) is 66.5 Å². The molecule has 0 aliphatic carbocycles. The molecule has 2 heterocycles. The molecule has 2 aromatic rings. The molecule has 30 heavy (non-hydrogen) atoms. The molecule has 0 saturated carbocycles. The first-order chi connectivity index (χ1) is 14.5. The number of carbonyl (C=O) groups is 1. The zero-order valence-electron chi connectivity index (χ0n) is 17.8. The first-order valence-electron chi connectivity index (χ1n) is 9.73. The van der Waals surface area contributed by atoms with E-state index in [9.17, 15) is 4.79 Å². The van der Waals surface area contributed by atoms with E-state index in [1.807, 2.05) is 6.07 Å². The van der Waals surface area contributed by atoms with Crippen molar-refractivity contribution in [1.29, 1.82) is 0 Å². The number of carbonyl (C=O) groups excluding carboxylic acids is 1. The van der Waals surface area contributed by atoms with E-state index in [4.69, 9.17) is 23.7 Å². The summed E-state index contributed by atoms with van der Waals surface area (Å²) < 4.78 is 28.1. The monoisotopic (exact) mass is 411 g/mol. The summed E-state index contributed by atoms with van der Waals surface area (Å²) in [6, 6.07) is 7.47. The van der Waals surface area contributed by atoms with E-state index in [0.717, 1.165) is 11.3 Å². The lowest BCUT2D eigenvalue weighted by atomic mass is 10.0. The van der Waals surface area contributed by atoms with Crippen LogP contribution in [0, 0.1) is 0 Å². The van der Waals surface area contributed by atoms with Crippen LogP contribution in [0.3, 0.4) is 0 Å². The summed E-state index contributed by atoms with van der Waals surface area (Å²) in [6.45, 7) is 5.41. The Kier molecular flexibility index (Phi) is 5.30. The predicted octanol–water partition coefficient (Wildman–Crippen LogP) is 3.89. The average Bonchev–Trinajstić information content (AvgIpc) is 3.08. The van der Waals surface area contributed by atoms with Crippen molar-refractivity contribution in [2.45, 2.75) is 26.4 Å². The molecule has 7 nitrogen and oxygen atoms in total. The third kappa shape index (κ3) is 3.35. The van der Waals surface area contributed by atoms with Gasteiger partial charge in [0.05, 0.1) is 32.5 Å². The first-order valence-corrected chi connectivity index (χ1v) is 9.73. The normalized spacial score (nSPS) is 16.7. The van der Waals surface area contributed by atoms with E-state index in [-0.39, 0.29) is 11.5 Å². The SMILES string of the molecule is COc1cc(/C=C2\Oc3c(ccc4c3CN(C(C)C)CO4)C2=O)cc(OC)c1OC. The van der Waals surface area contributed by atoms with Gasteiger partial charge in [-0.3, -0.25) is 9.69 Å². The average molecular weight is 411 g/mol. The first kappa shape index (κ1) is 20.1. The van der Waals surface area contributed by atoms with Gasteiger partial charge in [0.15, 0.2) is 17.3 Å². The molecule has 0 radical (unpaired) electrons. The maximum Gasteiger partial charge on any atom is 0.231 e. The Bertz CT molecular complexity index is 1000. The van der Waals surface area contributed by atoms with Gasteiger partial charge in [-0.2, -0.15) is 0 Å². The minimum Gasteiger partial charge on any atom is -0.493 e. The molecule has 2 aromatic carbocycles. The summed E-state index contributed by atoms with van der Waals surface area (Å²) in [5, 5.41) is 0. The lowest BCUT2D eigenvalue weighted by molar-refractivity contribution is 0.0674. The second kappa shape index (κ2) is 7.91. The summed E-state index contributed by atoms with van der Waals surface area (Å²) in [5.74, 6) is 2.91. The van der Waals surface area contributed by atoms with Gasteiger partial charge in [0.25, 0.3) is 0 Å². The summed E-state index contributed by atoms with van der Waals surface area (Å²) in [7, 11) is 4.65. The van der Waals surface area contributed by atoms with Crippen LogP contribution in [0.15, 0.2) is 30.0 Å². The highest BCUT2D eigenvalue weighted by Gasteiger charge is 2.34. The Balaban J connectivity index is 1.72. The molecule has 7 heteroatoms. The van der Waals surface area contributed by atoms with Gasteiger partial charge >= 0.3 is 0 Å². The van der Waals surface area contributed by atoms with E-state index in [1.165, 1.54) is 0 Å². The van der Waals surface area contributed by atoms with Crippen LogP contribution in [-0.2, 0) is 6.54 Å². The van der Waals surface area contributed by atoms with Crippen LogP contribution in [0.4, 0.5) is 0 Å². The second-order valence-corrected chi connectivity index (χ2v) is 7.43. The molecule has 0 N–H and O–H groups in total. The van der Waals surface area contributed by atoms with Crippen molar-refractivity contribution in [3.8, 4) is 28.7 Å². The standard InChI is InChI=1S/C23H25NO6/c1-13(2)24-11-16-17(29-12-24)7-6-15-21(25)18(30-22(15)16)8-14-9-19(26-3)23(28-5)20(10-14)27-4/h6-10,13H,11-12H2,1-5H3/b18-8-. The number of methoxy groups -OCH3 is 3. The number of Topliss-reactive ketones (excluding diaryl/α,β-unsaturated/α-hetero) is 1. The molecule has 0 fully saturated rings. The highest BCUT2D eigenvalue weighted by Crippen LogP contribution is 2.43. The lowest BCUT2D eigenvalue weighted by Gasteiger charge is -2.32. The van der Waals surface area contributed by atoms with E-state index in [0.29, 0.717) is 53.4 Å². The van der Waals surface area contributed by atoms with Crippen molar-refractivity contribution in [2.75, 3.05) is 28.1 Å². The third-order valence-electron chi connectivity index (χ3n) is 5.36. The van der Waals surface area contributed by atoms with Gasteiger partial charge in [-0.05, 0) is 49.8 Å². The van der Waals surface area contributed by atoms with Crippen LogP contribution in [-0.4, -0.2) is 44.8 Å². The minimum atomic E-state index is -0.164. The Morgan fingerprint density at radius 3 is 2.37 bits per heavy atom. The minimum absolute atomic E-state index is 0.164. The number of ketones is 1. The quantitative estimate of drug-likeness (QED) is 0.692. The molecule has 4 rings (SSSR count). The van der Waals surface area contributed by atoms with Gasteiger partial charge < -0.3 is 23.7 Å². The molecule has 0 unspecified atom stereocenters. The number of nitrogens with zero attached hydrogens (tertiary/aromatic N) is 1. The maximum atomic E-state index is 13.0. The van der Waals surface area contributed by atoms with Crippen molar-refractivity contribution in [1.82, 2.24) is 4.90 Å². The van der Waals surface area contributed by atoms with Crippen LogP contribution in [0.25, 0.3) is 6.08 Å². The van der Waals surface area contributed by atoms with Gasteiger partial charge in [0.1, 0.15) is 18.2 Å². The predicted molar refractivity (Wildman–Crippen MR) is 112 cm³/mol. The van der Waals surface area contributed by atoms with Crippen LogP contribution in [0.1, 0.15) is 35.3 Å². The van der Waals surface area contributed by atoms with Gasteiger partial charge in [0.2, 0.25) is 11.5 Å². The number of ether oxygens (including phenoxy) is 5. The molecule has 0 saturated heterocycles. The van der Waals surface area contributed by atoms with E-state index in [2.05, 4.69) is 18.7 Å². The van der Waals surface area contributed by atoms with Gasteiger partial charge in [-0.15, -0.1) is 0 Å². The van der Waals surface area contributed by atoms with Crippen molar-refractivity contribution in [2.24, 2.45) is 0 Å². The van der Waals surface area contributed by atoms with Crippen molar-refractivity contribution in [3.63, 3.8) is 0 Å². The second-order valence-electron chi connectivity index (χ2n) is 7.43. The van der Waals surface area contributed by atoms with Gasteiger partial charge in [-0.1, -0.05) is 0 Å². The molecule has 0 spiro atoms. The highest BCUT2D eigenvalue weighted by atomic mass is 16.5. The third-order valence-corrected chi connectivity index (χ3v) is 5.36. The Hall–Kier alpha value is -3.19. The number of hydrogen-bond acceptors (Lipinski definition) is 7. The number of rotatable bonds is 5. The van der Waals surface area contributed by atoms with Gasteiger partial charge in [0, 0.05) is 12.6 Å². The van der Waals surface area contributed by atoms with Crippen molar-refractivity contribution < 1.29 is 28.5 Å². The number of fused-ring (bicyclic) bond motifs is 3. The van der Waals surface area contributed by atoms with Crippen molar-refractivity contribution in [3.05, 3.63) is 46.7 Å². The Labute approximate surface area is 175 Å². The fourth-order valence-corrected chi connectivity index (χ4v) is 3.64. The molecule has 2 aliphatic rings. The largest absolute Gasteiger partial charge is 0.493 e. The van der Waals surface area contributed by atoms with E-state index in [1.54, 1.807) is 45.6 Å². The van der Waals surface area contributed by atoms with Crippen molar-refractivity contribution >= 4 is 11.9 Å². The van der Waals surface area contributed by atoms with Crippen LogP contribution in [0.2, 0.25) is 0 Å². The number of allylic oxidation sites excluding steroid dienone is 1. The molecular formula is C23H25NO6.